The smallest absolute Gasteiger partial charge is 0.0576 e. The molecule has 0 unspecified atom stereocenters. The van der Waals surface area contributed by atoms with Gasteiger partial charge in [-0.15, -0.1) is 0 Å². The average molecular weight is 310 g/mol. The van der Waals surface area contributed by atoms with E-state index in [1.54, 1.807) is 6.21 Å². The maximum absolute atomic E-state index is 5.87. The largest absolute Gasteiger partial charge is 0.278 e. The fraction of sp³-hybridized carbons (Fsp3) is 0. The molecule has 2 aromatic rings. The second-order valence-electron chi connectivity index (χ2n) is 3.40. The van der Waals surface area contributed by atoms with Gasteiger partial charge in [0.15, 0.2) is 0 Å². The zero-order chi connectivity index (χ0) is 12.1. The van der Waals surface area contributed by atoms with Crippen LogP contribution in [0.25, 0.3) is 0 Å². The van der Waals surface area contributed by atoms with Crippen LogP contribution in [0, 0.1) is 0 Å². The number of hydrogen-bond donors (Lipinski definition) is 1. The van der Waals surface area contributed by atoms with E-state index in [2.05, 4.69) is 26.5 Å². The molecule has 4 heteroatoms. The third-order valence-electron chi connectivity index (χ3n) is 2.13. The predicted octanol–water partition coefficient (Wildman–Crippen LogP) is 4.55. The van der Waals surface area contributed by atoms with Crippen molar-refractivity contribution in [2.75, 3.05) is 5.43 Å². The minimum atomic E-state index is 0.686. The van der Waals surface area contributed by atoms with Gasteiger partial charge in [-0.3, -0.25) is 5.43 Å². The summed E-state index contributed by atoms with van der Waals surface area (Å²) in [5, 5.41) is 4.84. The molecule has 0 heterocycles. The van der Waals surface area contributed by atoms with Gasteiger partial charge in [-0.2, -0.15) is 5.10 Å². The topological polar surface area (TPSA) is 24.4 Å². The van der Waals surface area contributed by atoms with Crippen LogP contribution in [0.4, 0.5) is 5.69 Å². The molecule has 2 aromatic carbocycles. The van der Waals surface area contributed by atoms with Crippen LogP contribution in [-0.4, -0.2) is 6.21 Å². The molecule has 2 rings (SSSR count). The van der Waals surface area contributed by atoms with Gasteiger partial charge in [0.2, 0.25) is 0 Å². The molecule has 0 aromatic heterocycles. The van der Waals surface area contributed by atoms with Crippen molar-refractivity contribution in [1.29, 1.82) is 0 Å². The standard InChI is InChI=1S/C13H10BrClN2/c14-13-7-2-1-4-10(13)9-16-17-12-6-3-5-11(15)8-12/h1-9,17H/b16-9-. The van der Waals surface area contributed by atoms with Gasteiger partial charge in [0.1, 0.15) is 0 Å². The molecular formula is C13H10BrClN2. The van der Waals surface area contributed by atoms with Crippen molar-refractivity contribution in [3.8, 4) is 0 Å². The minimum absolute atomic E-state index is 0.686. The van der Waals surface area contributed by atoms with E-state index in [1.807, 2.05) is 48.5 Å². The summed E-state index contributed by atoms with van der Waals surface area (Å²) < 4.78 is 1.01. The SMILES string of the molecule is Clc1cccc(N/N=C\c2ccccc2Br)c1. The van der Waals surface area contributed by atoms with Crippen LogP contribution in [0.5, 0.6) is 0 Å². The van der Waals surface area contributed by atoms with Crippen LogP contribution in [0.1, 0.15) is 5.56 Å². The third kappa shape index (κ3) is 3.58. The summed E-state index contributed by atoms with van der Waals surface area (Å²) in [6.07, 6.45) is 1.75. The highest BCUT2D eigenvalue weighted by Gasteiger charge is 1.94. The summed E-state index contributed by atoms with van der Waals surface area (Å²) >= 11 is 9.32. The fourth-order valence-corrected chi connectivity index (χ4v) is 1.89. The zero-order valence-corrected chi connectivity index (χ0v) is 11.2. The summed E-state index contributed by atoms with van der Waals surface area (Å²) in [6.45, 7) is 0. The number of nitrogens with one attached hydrogen (secondary N) is 1. The second-order valence-corrected chi connectivity index (χ2v) is 4.69. The van der Waals surface area contributed by atoms with Gasteiger partial charge in [0.05, 0.1) is 11.9 Å². The Balaban J connectivity index is 2.06. The molecule has 86 valence electrons. The van der Waals surface area contributed by atoms with Crippen molar-refractivity contribution in [2.45, 2.75) is 0 Å². The van der Waals surface area contributed by atoms with Gasteiger partial charge in [-0.05, 0) is 24.3 Å². The van der Waals surface area contributed by atoms with E-state index >= 15 is 0 Å². The maximum Gasteiger partial charge on any atom is 0.0576 e. The summed E-state index contributed by atoms with van der Waals surface area (Å²) in [4.78, 5) is 0. The molecule has 1 N–H and O–H groups in total. The first-order valence-corrected chi connectivity index (χ1v) is 6.22. The Morgan fingerprint density at radius 2 is 1.94 bits per heavy atom. The Morgan fingerprint density at radius 1 is 1.12 bits per heavy atom. The molecule has 0 fully saturated rings. The van der Waals surface area contributed by atoms with Crippen molar-refractivity contribution in [2.24, 2.45) is 5.10 Å². The molecule has 0 aliphatic carbocycles. The normalized spacial score (nSPS) is 10.7. The van der Waals surface area contributed by atoms with Gasteiger partial charge in [-0.1, -0.05) is 51.8 Å². The molecule has 0 saturated heterocycles. The maximum atomic E-state index is 5.87. The Labute approximate surface area is 113 Å². The van der Waals surface area contributed by atoms with Gasteiger partial charge >= 0.3 is 0 Å². The van der Waals surface area contributed by atoms with E-state index in [0.717, 1.165) is 15.7 Å². The summed E-state index contributed by atoms with van der Waals surface area (Å²) in [5.41, 5.74) is 4.80. The molecule has 0 atom stereocenters. The van der Waals surface area contributed by atoms with Crippen molar-refractivity contribution >= 4 is 39.4 Å². The van der Waals surface area contributed by atoms with Gasteiger partial charge < -0.3 is 0 Å². The molecule has 0 saturated carbocycles. The average Bonchev–Trinajstić information content (AvgIpc) is 2.32. The number of benzene rings is 2. The number of hydrazone groups is 1. The highest BCUT2D eigenvalue weighted by atomic mass is 79.9. The quantitative estimate of drug-likeness (QED) is 0.653. The lowest BCUT2D eigenvalue weighted by Crippen LogP contribution is -1.90. The minimum Gasteiger partial charge on any atom is -0.278 e. The van der Waals surface area contributed by atoms with Gasteiger partial charge in [0.25, 0.3) is 0 Å². The molecular weight excluding hydrogens is 300 g/mol. The second kappa shape index (κ2) is 5.84. The van der Waals surface area contributed by atoms with Crippen molar-refractivity contribution < 1.29 is 0 Å². The first kappa shape index (κ1) is 12.1. The molecule has 0 amide bonds. The van der Waals surface area contributed by atoms with Crippen LogP contribution >= 0.6 is 27.5 Å². The van der Waals surface area contributed by atoms with Crippen LogP contribution < -0.4 is 5.43 Å². The fourth-order valence-electron chi connectivity index (χ4n) is 1.31. The van der Waals surface area contributed by atoms with Gasteiger partial charge in [-0.25, -0.2) is 0 Å². The van der Waals surface area contributed by atoms with Gasteiger partial charge in [0, 0.05) is 15.1 Å². The van der Waals surface area contributed by atoms with E-state index in [9.17, 15) is 0 Å². The Bertz CT molecular complexity index is 540. The molecule has 0 radical (unpaired) electrons. The molecule has 17 heavy (non-hydrogen) atoms. The lowest BCUT2D eigenvalue weighted by atomic mass is 10.2. The number of halogens is 2. The Hall–Kier alpha value is -1.32. The number of nitrogens with zero attached hydrogens (tertiary/aromatic N) is 1. The van der Waals surface area contributed by atoms with Crippen LogP contribution in [0.2, 0.25) is 5.02 Å². The van der Waals surface area contributed by atoms with E-state index in [4.69, 9.17) is 11.6 Å². The van der Waals surface area contributed by atoms with Crippen LogP contribution in [0.15, 0.2) is 58.1 Å². The van der Waals surface area contributed by atoms with Crippen LogP contribution in [0.3, 0.4) is 0 Å². The summed E-state index contributed by atoms with van der Waals surface area (Å²) in [6, 6.07) is 15.3. The molecule has 0 spiro atoms. The highest BCUT2D eigenvalue weighted by Crippen LogP contribution is 2.16. The lowest BCUT2D eigenvalue weighted by Gasteiger charge is -2.00. The summed E-state index contributed by atoms with van der Waals surface area (Å²) in [7, 11) is 0. The van der Waals surface area contributed by atoms with Crippen molar-refractivity contribution in [3.63, 3.8) is 0 Å². The number of rotatable bonds is 3. The number of hydrogen-bond acceptors (Lipinski definition) is 2. The highest BCUT2D eigenvalue weighted by molar-refractivity contribution is 9.10. The Morgan fingerprint density at radius 3 is 2.71 bits per heavy atom. The third-order valence-corrected chi connectivity index (χ3v) is 3.08. The molecule has 0 aliphatic heterocycles. The predicted molar refractivity (Wildman–Crippen MR) is 76.8 cm³/mol. The monoisotopic (exact) mass is 308 g/mol. The van der Waals surface area contributed by atoms with Crippen molar-refractivity contribution in [3.05, 3.63) is 63.6 Å². The van der Waals surface area contributed by atoms with E-state index in [-0.39, 0.29) is 0 Å². The lowest BCUT2D eigenvalue weighted by molar-refractivity contribution is 1.35. The molecule has 2 nitrogen and oxygen atoms in total. The van der Waals surface area contributed by atoms with Crippen LogP contribution in [-0.2, 0) is 0 Å². The van der Waals surface area contributed by atoms with Crippen molar-refractivity contribution in [1.82, 2.24) is 0 Å². The number of anilines is 1. The van der Waals surface area contributed by atoms with E-state index < -0.39 is 0 Å². The zero-order valence-electron chi connectivity index (χ0n) is 8.90. The molecule has 0 aliphatic rings. The first-order valence-electron chi connectivity index (χ1n) is 5.05. The van der Waals surface area contributed by atoms with E-state index in [0.29, 0.717) is 5.02 Å². The van der Waals surface area contributed by atoms with E-state index in [1.165, 1.54) is 0 Å². The Kier molecular flexibility index (Phi) is 4.18. The molecule has 0 bridgehead atoms. The summed E-state index contributed by atoms with van der Waals surface area (Å²) in [5.74, 6) is 0. The first-order chi connectivity index (χ1) is 8.25.